The molecule has 7 heteroatoms. The largest absolute Gasteiger partial charge is 0.398 e. The van der Waals surface area contributed by atoms with E-state index in [2.05, 4.69) is 21.5 Å². The van der Waals surface area contributed by atoms with Crippen molar-refractivity contribution in [2.24, 2.45) is 21.5 Å². The molecular formula is C29H42N6O. The number of morpholine rings is 1. The number of allylic oxidation sites excluding steroid dienone is 6. The first-order valence-corrected chi connectivity index (χ1v) is 12.4. The summed E-state index contributed by atoms with van der Waals surface area (Å²) in [4.78, 5) is 15.9. The monoisotopic (exact) mass is 490 g/mol. The highest BCUT2D eigenvalue weighted by molar-refractivity contribution is 5.94. The first kappa shape index (κ1) is 30.3. The summed E-state index contributed by atoms with van der Waals surface area (Å²) in [5.41, 5.74) is 16.0. The molecule has 7 nitrogen and oxygen atoms in total. The molecule has 0 amide bonds. The van der Waals surface area contributed by atoms with Gasteiger partial charge in [0.1, 0.15) is 5.82 Å². The first-order chi connectivity index (χ1) is 17.4. The quantitative estimate of drug-likeness (QED) is 0.354. The van der Waals surface area contributed by atoms with Crippen LogP contribution in [0, 0.1) is 0 Å². The van der Waals surface area contributed by atoms with Crippen molar-refractivity contribution in [2.45, 2.75) is 40.7 Å². The van der Waals surface area contributed by atoms with Gasteiger partial charge in [-0.3, -0.25) is 9.98 Å². The zero-order valence-electron chi connectivity index (χ0n) is 22.4. The Bertz CT molecular complexity index is 1010. The van der Waals surface area contributed by atoms with Gasteiger partial charge < -0.3 is 21.1 Å². The Hall–Kier alpha value is -3.71. The van der Waals surface area contributed by atoms with Crippen molar-refractivity contribution >= 4 is 17.6 Å². The first-order valence-electron chi connectivity index (χ1n) is 12.4. The topological polar surface area (TPSA) is 102 Å². The van der Waals surface area contributed by atoms with Crippen molar-refractivity contribution < 1.29 is 4.74 Å². The molecule has 2 rings (SSSR count). The Morgan fingerprint density at radius 3 is 2.53 bits per heavy atom. The van der Waals surface area contributed by atoms with Crippen LogP contribution in [0.1, 0.15) is 40.3 Å². The van der Waals surface area contributed by atoms with E-state index in [0.29, 0.717) is 24.6 Å². The van der Waals surface area contributed by atoms with Crippen molar-refractivity contribution in [3.8, 4) is 0 Å². The highest BCUT2D eigenvalue weighted by atomic mass is 16.5. The molecule has 1 atom stereocenters. The van der Waals surface area contributed by atoms with Gasteiger partial charge in [-0.2, -0.15) is 0 Å². The molecular weight excluding hydrogens is 448 g/mol. The van der Waals surface area contributed by atoms with E-state index in [1.165, 1.54) is 0 Å². The van der Waals surface area contributed by atoms with Gasteiger partial charge in [0.25, 0.3) is 0 Å². The summed E-state index contributed by atoms with van der Waals surface area (Å²) < 4.78 is 5.51. The molecule has 0 aromatic carbocycles. The minimum atomic E-state index is -0.109. The van der Waals surface area contributed by atoms with Crippen LogP contribution in [0.5, 0.6) is 0 Å². The molecule has 1 aliphatic rings. The minimum absolute atomic E-state index is 0.109. The van der Waals surface area contributed by atoms with Crippen molar-refractivity contribution in [3.05, 3.63) is 96.3 Å². The van der Waals surface area contributed by atoms with Crippen molar-refractivity contribution in [2.75, 3.05) is 26.3 Å². The standard InChI is InChI=1S/C27H36N6O.C2H6/c1-5-9-23(10-6-2)25(29)19-22(4)32-27(33-15-17-34-18-16-33)20-21(3)30-14-12-24(28)26-11-7-8-13-31-26;1-2/h5-14,19-21H,1,15-18,28-29H2,2-4H3;1-2H3/b10-6-,23-9+,24-12-,25-19-,27-20+,30-14?,32-22+;. The summed E-state index contributed by atoms with van der Waals surface area (Å²) in [7, 11) is 0. The highest BCUT2D eigenvalue weighted by Gasteiger charge is 2.14. The maximum absolute atomic E-state index is 6.30. The molecule has 0 spiro atoms. The van der Waals surface area contributed by atoms with Gasteiger partial charge in [0, 0.05) is 36.9 Å². The molecule has 1 aliphatic heterocycles. The van der Waals surface area contributed by atoms with Crippen molar-refractivity contribution in [3.63, 3.8) is 0 Å². The number of aromatic nitrogens is 1. The molecule has 0 saturated carbocycles. The summed E-state index contributed by atoms with van der Waals surface area (Å²) in [6.07, 6.45) is 16.6. The molecule has 194 valence electrons. The third-order valence-electron chi connectivity index (χ3n) is 4.89. The summed E-state index contributed by atoms with van der Waals surface area (Å²) >= 11 is 0. The second-order valence-electron chi connectivity index (χ2n) is 7.71. The SMILES string of the molecule is C=C/C=C(\C=C/C)C(/N)=C/C(C)=N/C(=C\C(C)N=C/C=C(\N)c1ccccn1)N1CCOCC1.CC. The maximum Gasteiger partial charge on any atom is 0.127 e. The number of hydrogen-bond donors (Lipinski definition) is 2. The molecule has 0 bridgehead atoms. The molecule has 2 heterocycles. The van der Waals surface area contributed by atoms with Crippen LogP contribution in [0.15, 0.2) is 101 Å². The van der Waals surface area contributed by atoms with Crippen LogP contribution in [0.2, 0.25) is 0 Å². The second-order valence-corrected chi connectivity index (χ2v) is 7.71. The van der Waals surface area contributed by atoms with E-state index in [1.807, 2.05) is 83.2 Å². The van der Waals surface area contributed by atoms with E-state index < -0.39 is 0 Å². The van der Waals surface area contributed by atoms with E-state index in [-0.39, 0.29) is 6.04 Å². The minimum Gasteiger partial charge on any atom is -0.398 e. The Kier molecular flexibility index (Phi) is 14.9. The Balaban J connectivity index is 0.00000316. The van der Waals surface area contributed by atoms with Gasteiger partial charge in [-0.15, -0.1) is 0 Å². The van der Waals surface area contributed by atoms with Gasteiger partial charge in [0.05, 0.1) is 30.6 Å². The van der Waals surface area contributed by atoms with Crippen molar-refractivity contribution in [1.82, 2.24) is 9.88 Å². The third kappa shape index (κ3) is 11.1. The number of rotatable bonds is 10. The zero-order chi connectivity index (χ0) is 26.8. The average molecular weight is 491 g/mol. The van der Waals surface area contributed by atoms with Crippen LogP contribution >= 0.6 is 0 Å². The molecule has 1 unspecified atom stereocenters. The molecule has 36 heavy (non-hydrogen) atoms. The summed E-state index contributed by atoms with van der Waals surface area (Å²) in [6.45, 7) is 16.5. The Morgan fingerprint density at radius 1 is 1.19 bits per heavy atom. The molecule has 1 aromatic rings. The van der Waals surface area contributed by atoms with E-state index in [1.54, 1.807) is 24.6 Å². The number of hydrogen-bond acceptors (Lipinski definition) is 7. The molecule has 0 aliphatic carbocycles. The summed E-state index contributed by atoms with van der Waals surface area (Å²) in [6, 6.07) is 5.51. The predicted molar refractivity (Wildman–Crippen MR) is 155 cm³/mol. The lowest BCUT2D eigenvalue weighted by molar-refractivity contribution is 0.0529. The Morgan fingerprint density at radius 2 is 1.92 bits per heavy atom. The second kappa shape index (κ2) is 17.7. The zero-order valence-corrected chi connectivity index (χ0v) is 22.4. The maximum atomic E-state index is 6.30. The number of pyridine rings is 1. The number of ether oxygens (including phenoxy) is 1. The molecule has 4 N–H and O–H groups in total. The number of nitrogens with zero attached hydrogens (tertiary/aromatic N) is 4. The van der Waals surface area contributed by atoms with Crippen LogP contribution in [0.25, 0.3) is 5.70 Å². The van der Waals surface area contributed by atoms with Crippen molar-refractivity contribution in [1.29, 1.82) is 0 Å². The lowest BCUT2D eigenvalue weighted by atomic mass is 10.1. The van der Waals surface area contributed by atoms with Gasteiger partial charge >= 0.3 is 0 Å². The highest BCUT2D eigenvalue weighted by Crippen LogP contribution is 2.14. The average Bonchev–Trinajstić information content (AvgIpc) is 2.90. The molecule has 1 saturated heterocycles. The van der Waals surface area contributed by atoms with Crippen LogP contribution in [-0.4, -0.2) is 54.2 Å². The summed E-state index contributed by atoms with van der Waals surface area (Å²) in [5, 5.41) is 0. The number of nitrogens with two attached hydrogens (primary N) is 2. The third-order valence-corrected chi connectivity index (χ3v) is 4.89. The number of aliphatic imine (C=N–C) groups is 2. The molecule has 0 radical (unpaired) electrons. The van der Waals surface area contributed by atoms with Gasteiger partial charge in [0.2, 0.25) is 0 Å². The normalized spacial score (nSPS) is 17.2. The van der Waals surface area contributed by atoms with Gasteiger partial charge in [0.15, 0.2) is 0 Å². The lowest BCUT2D eigenvalue weighted by Crippen LogP contribution is -2.35. The van der Waals surface area contributed by atoms with E-state index in [0.717, 1.165) is 35.9 Å². The van der Waals surface area contributed by atoms with E-state index in [4.69, 9.17) is 21.2 Å². The van der Waals surface area contributed by atoms with Crippen LogP contribution in [0.4, 0.5) is 0 Å². The lowest BCUT2D eigenvalue weighted by Gasteiger charge is -2.29. The fraction of sp³-hybridized carbons (Fsp3) is 0.345. The fourth-order valence-electron chi connectivity index (χ4n) is 3.22. The van der Waals surface area contributed by atoms with Crippen LogP contribution in [0.3, 0.4) is 0 Å². The smallest absolute Gasteiger partial charge is 0.127 e. The predicted octanol–water partition coefficient (Wildman–Crippen LogP) is 5.03. The summed E-state index contributed by atoms with van der Waals surface area (Å²) in [5.74, 6) is 0.844. The van der Waals surface area contributed by atoms with E-state index in [9.17, 15) is 0 Å². The molecule has 1 aromatic heterocycles. The van der Waals surface area contributed by atoms with Crippen LogP contribution in [-0.2, 0) is 4.74 Å². The van der Waals surface area contributed by atoms with Gasteiger partial charge in [-0.05, 0) is 56.7 Å². The molecule has 1 fully saturated rings. The van der Waals surface area contributed by atoms with Gasteiger partial charge in [-0.1, -0.05) is 50.8 Å². The van der Waals surface area contributed by atoms with Gasteiger partial charge in [-0.25, -0.2) is 4.99 Å². The van der Waals surface area contributed by atoms with E-state index >= 15 is 0 Å². The Labute approximate surface area is 217 Å². The fourth-order valence-corrected chi connectivity index (χ4v) is 3.22. The van der Waals surface area contributed by atoms with Crippen LogP contribution < -0.4 is 11.5 Å².